The minimum absolute atomic E-state index is 0.0788. The van der Waals surface area contributed by atoms with Crippen LogP contribution >= 0.6 is 0 Å². The fourth-order valence-corrected chi connectivity index (χ4v) is 1.82. The predicted octanol–water partition coefficient (Wildman–Crippen LogP) is 0.817. The standard InChI is InChI=1S/C12H18N4O2/c1-14(2)12(17)16(11-4-3-5-13-10-11)15-6-8-18-9-7-15/h3-5,10H,6-9H2,1-2H3. The van der Waals surface area contributed by atoms with Gasteiger partial charge >= 0.3 is 6.03 Å². The first-order valence-electron chi connectivity index (χ1n) is 5.94. The van der Waals surface area contributed by atoms with E-state index in [1.54, 1.807) is 36.4 Å². The van der Waals surface area contributed by atoms with E-state index in [-0.39, 0.29) is 6.03 Å². The van der Waals surface area contributed by atoms with Crippen molar-refractivity contribution in [2.45, 2.75) is 0 Å². The van der Waals surface area contributed by atoms with Crippen molar-refractivity contribution < 1.29 is 9.53 Å². The van der Waals surface area contributed by atoms with Gasteiger partial charge in [0.2, 0.25) is 0 Å². The van der Waals surface area contributed by atoms with Crippen molar-refractivity contribution in [1.29, 1.82) is 0 Å². The number of hydrogen-bond donors (Lipinski definition) is 0. The Balaban J connectivity index is 2.25. The summed E-state index contributed by atoms with van der Waals surface area (Å²) in [6, 6.07) is 3.63. The third kappa shape index (κ3) is 2.77. The molecule has 2 rings (SSSR count). The number of morpholine rings is 1. The van der Waals surface area contributed by atoms with Gasteiger partial charge in [-0.2, -0.15) is 0 Å². The Morgan fingerprint density at radius 1 is 1.39 bits per heavy atom. The molecule has 0 unspecified atom stereocenters. The Morgan fingerprint density at radius 2 is 2.11 bits per heavy atom. The number of urea groups is 1. The normalized spacial score (nSPS) is 16.3. The van der Waals surface area contributed by atoms with Gasteiger partial charge in [-0.15, -0.1) is 0 Å². The fourth-order valence-electron chi connectivity index (χ4n) is 1.82. The maximum absolute atomic E-state index is 12.3. The molecule has 2 heterocycles. The Hall–Kier alpha value is -1.66. The van der Waals surface area contributed by atoms with Crippen LogP contribution in [0.5, 0.6) is 0 Å². The van der Waals surface area contributed by atoms with E-state index >= 15 is 0 Å². The fraction of sp³-hybridized carbons (Fsp3) is 0.500. The molecule has 1 aliphatic rings. The summed E-state index contributed by atoms with van der Waals surface area (Å²) in [6.45, 7) is 2.68. The van der Waals surface area contributed by atoms with Crippen molar-refractivity contribution >= 4 is 11.7 Å². The van der Waals surface area contributed by atoms with Gasteiger partial charge in [0.1, 0.15) is 0 Å². The average molecular weight is 250 g/mol. The number of hydrazine groups is 1. The highest BCUT2D eigenvalue weighted by atomic mass is 16.5. The van der Waals surface area contributed by atoms with Crippen LogP contribution in [0.15, 0.2) is 24.5 Å². The first-order valence-corrected chi connectivity index (χ1v) is 5.94. The smallest absolute Gasteiger partial charge is 0.338 e. The van der Waals surface area contributed by atoms with Gasteiger partial charge in [-0.1, -0.05) is 0 Å². The molecule has 0 saturated carbocycles. The van der Waals surface area contributed by atoms with Crippen molar-refractivity contribution in [3.05, 3.63) is 24.5 Å². The molecule has 6 heteroatoms. The number of ether oxygens (including phenoxy) is 1. The number of carbonyl (C=O) groups excluding carboxylic acids is 1. The van der Waals surface area contributed by atoms with E-state index in [0.29, 0.717) is 26.3 Å². The van der Waals surface area contributed by atoms with E-state index in [1.807, 2.05) is 17.1 Å². The Bertz CT molecular complexity index is 390. The summed E-state index contributed by atoms with van der Waals surface area (Å²) >= 11 is 0. The summed E-state index contributed by atoms with van der Waals surface area (Å²) < 4.78 is 5.32. The number of carbonyl (C=O) groups is 1. The summed E-state index contributed by atoms with van der Waals surface area (Å²) in [7, 11) is 3.48. The van der Waals surface area contributed by atoms with Crippen molar-refractivity contribution in [3.8, 4) is 0 Å². The molecule has 0 radical (unpaired) electrons. The van der Waals surface area contributed by atoms with Gasteiger partial charge in [-0.3, -0.25) is 4.98 Å². The molecule has 98 valence electrons. The van der Waals surface area contributed by atoms with E-state index in [0.717, 1.165) is 5.69 Å². The van der Waals surface area contributed by atoms with Crippen LogP contribution in [0.25, 0.3) is 0 Å². The quantitative estimate of drug-likeness (QED) is 0.779. The molecule has 1 saturated heterocycles. The first-order chi connectivity index (χ1) is 8.70. The van der Waals surface area contributed by atoms with Gasteiger partial charge in [0.15, 0.2) is 0 Å². The second kappa shape index (κ2) is 5.79. The minimum Gasteiger partial charge on any atom is -0.379 e. The molecule has 18 heavy (non-hydrogen) atoms. The summed E-state index contributed by atoms with van der Waals surface area (Å²) in [5.41, 5.74) is 0.776. The van der Waals surface area contributed by atoms with E-state index in [4.69, 9.17) is 4.74 Å². The van der Waals surface area contributed by atoms with Crippen molar-refractivity contribution in [2.75, 3.05) is 45.4 Å². The van der Waals surface area contributed by atoms with Gasteiger partial charge in [-0.05, 0) is 12.1 Å². The number of amides is 2. The molecular weight excluding hydrogens is 232 g/mol. The Kier molecular flexibility index (Phi) is 4.11. The van der Waals surface area contributed by atoms with Crippen LogP contribution in [-0.2, 0) is 4.74 Å². The lowest BCUT2D eigenvalue weighted by molar-refractivity contribution is 0.0343. The highest BCUT2D eigenvalue weighted by molar-refractivity contribution is 5.90. The molecule has 0 aromatic carbocycles. The number of aromatic nitrogens is 1. The van der Waals surface area contributed by atoms with Gasteiger partial charge in [0, 0.05) is 33.4 Å². The Labute approximate surface area is 107 Å². The van der Waals surface area contributed by atoms with Crippen molar-refractivity contribution in [3.63, 3.8) is 0 Å². The molecule has 0 atom stereocenters. The SMILES string of the molecule is CN(C)C(=O)N(c1cccnc1)N1CCOCC1. The number of hydrogen-bond acceptors (Lipinski definition) is 4. The van der Waals surface area contributed by atoms with Crippen LogP contribution in [0.4, 0.5) is 10.5 Å². The molecular formula is C12H18N4O2. The number of pyridine rings is 1. The summed E-state index contributed by atoms with van der Waals surface area (Å²) in [5, 5.41) is 3.65. The average Bonchev–Trinajstić information content (AvgIpc) is 2.41. The van der Waals surface area contributed by atoms with Crippen molar-refractivity contribution in [1.82, 2.24) is 14.9 Å². The largest absolute Gasteiger partial charge is 0.379 e. The number of anilines is 1. The molecule has 1 fully saturated rings. The topological polar surface area (TPSA) is 48.9 Å². The van der Waals surface area contributed by atoms with Crippen molar-refractivity contribution in [2.24, 2.45) is 0 Å². The lowest BCUT2D eigenvalue weighted by Gasteiger charge is -2.38. The zero-order valence-corrected chi connectivity index (χ0v) is 10.7. The molecule has 6 nitrogen and oxygen atoms in total. The van der Waals surface area contributed by atoms with Crippen LogP contribution in [-0.4, -0.2) is 61.3 Å². The third-order valence-corrected chi connectivity index (χ3v) is 2.72. The molecule has 0 spiro atoms. The maximum atomic E-state index is 12.3. The van der Waals surface area contributed by atoms with Crippen LogP contribution < -0.4 is 5.01 Å². The second-order valence-corrected chi connectivity index (χ2v) is 4.27. The van der Waals surface area contributed by atoms with Crippen LogP contribution in [0, 0.1) is 0 Å². The molecule has 1 aromatic rings. The minimum atomic E-state index is -0.0788. The van der Waals surface area contributed by atoms with Crippen LogP contribution in [0.2, 0.25) is 0 Å². The number of nitrogens with zero attached hydrogens (tertiary/aromatic N) is 4. The van der Waals surface area contributed by atoms with E-state index < -0.39 is 0 Å². The highest BCUT2D eigenvalue weighted by Crippen LogP contribution is 2.17. The summed E-state index contributed by atoms with van der Waals surface area (Å²) in [5.74, 6) is 0. The third-order valence-electron chi connectivity index (χ3n) is 2.72. The second-order valence-electron chi connectivity index (χ2n) is 4.27. The zero-order valence-electron chi connectivity index (χ0n) is 10.7. The summed E-state index contributed by atoms with van der Waals surface area (Å²) in [4.78, 5) is 17.9. The van der Waals surface area contributed by atoms with Gasteiger partial charge in [0.05, 0.1) is 25.1 Å². The first kappa shape index (κ1) is 12.8. The molecule has 1 aromatic heterocycles. The van der Waals surface area contributed by atoms with E-state index in [9.17, 15) is 4.79 Å². The molecule has 0 N–H and O–H groups in total. The predicted molar refractivity (Wildman–Crippen MR) is 68.2 cm³/mol. The highest BCUT2D eigenvalue weighted by Gasteiger charge is 2.26. The van der Waals surface area contributed by atoms with Crippen LogP contribution in [0.3, 0.4) is 0 Å². The molecule has 0 bridgehead atoms. The van der Waals surface area contributed by atoms with Gasteiger partial charge in [0.25, 0.3) is 0 Å². The van der Waals surface area contributed by atoms with Crippen LogP contribution in [0.1, 0.15) is 0 Å². The number of rotatable bonds is 2. The maximum Gasteiger partial charge on any atom is 0.338 e. The lowest BCUT2D eigenvalue weighted by atomic mass is 10.4. The van der Waals surface area contributed by atoms with Gasteiger partial charge in [-0.25, -0.2) is 14.8 Å². The monoisotopic (exact) mass is 250 g/mol. The van der Waals surface area contributed by atoms with Gasteiger partial charge < -0.3 is 9.64 Å². The zero-order chi connectivity index (χ0) is 13.0. The molecule has 1 aliphatic heterocycles. The van der Waals surface area contributed by atoms with E-state index in [2.05, 4.69) is 4.98 Å². The Morgan fingerprint density at radius 3 is 2.67 bits per heavy atom. The molecule has 0 aliphatic carbocycles. The lowest BCUT2D eigenvalue weighted by Crippen LogP contribution is -2.54. The summed E-state index contributed by atoms with van der Waals surface area (Å²) in [6.07, 6.45) is 3.39. The molecule has 2 amide bonds. The van der Waals surface area contributed by atoms with E-state index in [1.165, 1.54) is 0 Å².